The van der Waals surface area contributed by atoms with Crippen LogP contribution in [0, 0.1) is 5.41 Å². The summed E-state index contributed by atoms with van der Waals surface area (Å²) < 4.78 is 5.08. The van der Waals surface area contributed by atoms with Gasteiger partial charge in [0.15, 0.2) is 0 Å². The van der Waals surface area contributed by atoms with Gasteiger partial charge in [0.05, 0.1) is 7.11 Å². The van der Waals surface area contributed by atoms with Crippen molar-refractivity contribution >= 4 is 11.9 Å². The van der Waals surface area contributed by atoms with E-state index in [1.807, 2.05) is 0 Å². The van der Waals surface area contributed by atoms with Crippen LogP contribution in [-0.2, 0) is 0 Å². The van der Waals surface area contributed by atoms with E-state index in [0.29, 0.717) is 17.9 Å². The molecule has 1 aromatic heterocycles. The minimum Gasteiger partial charge on any atom is -0.467 e. The van der Waals surface area contributed by atoms with Gasteiger partial charge in [-0.15, -0.1) is 0 Å². The highest BCUT2D eigenvalue weighted by molar-refractivity contribution is 5.35. The SMILES string of the molecule is CCCNc1nc(NCCC(C)(C)C)nc(OC)n1. The Kier molecular flexibility index (Phi) is 5.79. The first kappa shape index (κ1) is 15.5. The van der Waals surface area contributed by atoms with Crippen LogP contribution >= 0.6 is 0 Å². The van der Waals surface area contributed by atoms with E-state index < -0.39 is 0 Å². The number of aromatic nitrogens is 3. The molecule has 0 aliphatic carbocycles. The van der Waals surface area contributed by atoms with Gasteiger partial charge in [-0.1, -0.05) is 27.7 Å². The molecule has 6 nitrogen and oxygen atoms in total. The van der Waals surface area contributed by atoms with E-state index in [9.17, 15) is 0 Å². The van der Waals surface area contributed by atoms with Crippen molar-refractivity contribution in [3.63, 3.8) is 0 Å². The molecule has 0 spiro atoms. The molecule has 0 radical (unpaired) electrons. The van der Waals surface area contributed by atoms with E-state index in [1.54, 1.807) is 7.11 Å². The number of anilines is 2. The monoisotopic (exact) mass is 267 g/mol. The van der Waals surface area contributed by atoms with Crippen LogP contribution in [0.25, 0.3) is 0 Å². The van der Waals surface area contributed by atoms with E-state index in [4.69, 9.17) is 4.74 Å². The molecular weight excluding hydrogens is 242 g/mol. The Morgan fingerprint density at radius 3 is 2.05 bits per heavy atom. The molecule has 0 atom stereocenters. The van der Waals surface area contributed by atoms with Gasteiger partial charge in [0.25, 0.3) is 0 Å². The quantitative estimate of drug-likeness (QED) is 0.791. The van der Waals surface area contributed by atoms with E-state index in [1.165, 1.54) is 0 Å². The normalized spacial score (nSPS) is 11.2. The van der Waals surface area contributed by atoms with Crippen LogP contribution in [0.4, 0.5) is 11.9 Å². The molecule has 0 aliphatic heterocycles. The summed E-state index contributed by atoms with van der Waals surface area (Å²) in [6.07, 6.45) is 2.06. The summed E-state index contributed by atoms with van der Waals surface area (Å²) in [5.74, 6) is 1.10. The zero-order chi connectivity index (χ0) is 14.3. The van der Waals surface area contributed by atoms with Crippen molar-refractivity contribution < 1.29 is 4.74 Å². The molecule has 1 heterocycles. The Morgan fingerprint density at radius 1 is 1.00 bits per heavy atom. The second-order valence-corrected chi connectivity index (χ2v) is 5.63. The maximum Gasteiger partial charge on any atom is 0.322 e. The van der Waals surface area contributed by atoms with Crippen molar-refractivity contribution in [2.45, 2.75) is 40.5 Å². The predicted molar refractivity (Wildman–Crippen MR) is 77.7 cm³/mol. The van der Waals surface area contributed by atoms with Crippen molar-refractivity contribution in [3.05, 3.63) is 0 Å². The number of rotatable bonds is 7. The molecule has 0 saturated carbocycles. The second kappa shape index (κ2) is 7.11. The van der Waals surface area contributed by atoms with Crippen molar-refractivity contribution in [2.24, 2.45) is 5.41 Å². The Morgan fingerprint density at radius 2 is 1.58 bits per heavy atom. The molecular formula is C13H25N5O. The fourth-order valence-electron chi connectivity index (χ4n) is 1.39. The molecule has 0 bridgehead atoms. The molecule has 0 aliphatic rings. The highest BCUT2D eigenvalue weighted by Crippen LogP contribution is 2.18. The van der Waals surface area contributed by atoms with Gasteiger partial charge in [0, 0.05) is 13.1 Å². The minimum atomic E-state index is 0.285. The maximum atomic E-state index is 5.08. The molecule has 0 fully saturated rings. The fourth-order valence-corrected chi connectivity index (χ4v) is 1.39. The standard InChI is InChI=1S/C13H25N5O/c1-6-8-14-10-16-11(18-12(17-10)19-5)15-9-7-13(2,3)4/h6-9H2,1-5H3,(H2,14,15,16,17,18). The van der Waals surface area contributed by atoms with Gasteiger partial charge in [0.1, 0.15) is 0 Å². The molecule has 2 N–H and O–H groups in total. The van der Waals surface area contributed by atoms with Gasteiger partial charge in [-0.25, -0.2) is 0 Å². The Hall–Kier alpha value is -1.59. The molecule has 108 valence electrons. The van der Waals surface area contributed by atoms with Crippen LogP contribution in [0.2, 0.25) is 0 Å². The lowest BCUT2D eigenvalue weighted by molar-refractivity contribution is 0.378. The highest BCUT2D eigenvalue weighted by Gasteiger charge is 2.11. The molecule has 1 aromatic rings. The van der Waals surface area contributed by atoms with Gasteiger partial charge in [-0.2, -0.15) is 15.0 Å². The van der Waals surface area contributed by atoms with Crippen LogP contribution in [0.5, 0.6) is 6.01 Å². The summed E-state index contributed by atoms with van der Waals surface area (Å²) >= 11 is 0. The number of hydrogen-bond acceptors (Lipinski definition) is 6. The smallest absolute Gasteiger partial charge is 0.322 e. The van der Waals surface area contributed by atoms with Crippen LogP contribution in [0.15, 0.2) is 0 Å². The van der Waals surface area contributed by atoms with Crippen LogP contribution in [-0.4, -0.2) is 35.2 Å². The molecule has 19 heavy (non-hydrogen) atoms. The Bertz CT molecular complexity index is 389. The second-order valence-electron chi connectivity index (χ2n) is 5.63. The lowest BCUT2D eigenvalue weighted by Crippen LogP contribution is -2.15. The van der Waals surface area contributed by atoms with Gasteiger partial charge in [-0.05, 0) is 18.3 Å². The number of ether oxygens (including phenoxy) is 1. The zero-order valence-electron chi connectivity index (χ0n) is 12.6. The Labute approximate surface area is 115 Å². The van der Waals surface area contributed by atoms with Crippen molar-refractivity contribution in [2.75, 3.05) is 30.8 Å². The lowest BCUT2D eigenvalue weighted by atomic mass is 9.92. The lowest BCUT2D eigenvalue weighted by Gasteiger charge is -2.18. The number of methoxy groups -OCH3 is 1. The summed E-state index contributed by atoms with van der Waals surface area (Å²) in [7, 11) is 1.55. The summed E-state index contributed by atoms with van der Waals surface area (Å²) in [6, 6.07) is 0.326. The molecule has 0 unspecified atom stereocenters. The largest absolute Gasteiger partial charge is 0.467 e. The highest BCUT2D eigenvalue weighted by atomic mass is 16.5. The third-order valence-electron chi connectivity index (χ3n) is 2.49. The molecule has 0 amide bonds. The average Bonchev–Trinajstić information content (AvgIpc) is 2.34. The topological polar surface area (TPSA) is 72.0 Å². The summed E-state index contributed by atoms with van der Waals surface area (Å²) in [6.45, 7) is 10.4. The van der Waals surface area contributed by atoms with E-state index in [2.05, 4.69) is 53.3 Å². The first-order valence-corrected chi connectivity index (χ1v) is 6.72. The first-order chi connectivity index (χ1) is 8.94. The molecule has 6 heteroatoms. The number of hydrogen-bond donors (Lipinski definition) is 2. The third-order valence-corrected chi connectivity index (χ3v) is 2.49. The summed E-state index contributed by atoms with van der Waals surface area (Å²) in [5, 5.41) is 6.34. The van der Waals surface area contributed by atoms with E-state index >= 15 is 0 Å². The predicted octanol–water partition coefficient (Wildman–Crippen LogP) is 2.55. The number of nitrogens with one attached hydrogen (secondary N) is 2. The summed E-state index contributed by atoms with van der Waals surface area (Å²) in [5.41, 5.74) is 0.285. The molecule has 0 aromatic carbocycles. The van der Waals surface area contributed by atoms with Crippen molar-refractivity contribution in [1.29, 1.82) is 0 Å². The number of nitrogens with zero attached hydrogens (tertiary/aromatic N) is 3. The Balaban J connectivity index is 2.65. The fraction of sp³-hybridized carbons (Fsp3) is 0.769. The molecule has 1 rings (SSSR count). The van der Waals surface area contributed by atoms with Crippen LogP contribution in [0.3, 0.4) is 0 Å². The van der Waals surface area contributed by atoms with Gasteiger partial charge in [0.2, 0.25) is 11.9 Å². The van der Waals surface area contributed by atoms with Gasteiger partial charge < -0.3 is 15.4 Å². The third kappa shape index (κ3) is 6.22. The zero-order valence-corrected chi connectivity index (χ0v) is 12.6. The van der Waals surface area contributed by atoms with Gasteiger partial charge >= 0.3 is 6.01 Å². The van der Waals surface area contributed by atoms with Gasteiger partial charge in [-0.3, -0.25) is 0 Å². The van der Waals surface area contributed by atoms with Crippen molar-refractivity contribution in [3.8, 4) is 6.01 Å². The van der Waals surface area contributed by atoms with E-state index in [0.717, 1.165) is 25.9 Å². The van der Waals surface area contributed by atoms with E-state index in [-0.39, 0.29) is 5.41 Å². The van der Waals surface area contributed by atoms with Crippen molar-refractivity contribution in [1.82, 2.24) is 15.0 Å². The minimum absolute atomic E-state index is 0.285. The average molecular weight is 267 g/mol. The maximum absolute atomic E-state index is 5.08. The first-order valence-electron chi connectivity index (χ1n) is 6.72. The van der Waals surface area contributed by atoms with Crippen LogP contribution < -0.4 is 15.4 Å². The van der Waals surface area contributed by atoms with Crippen LogP contribution in [0.1, 0.15) is 40.5 Å². The molecule has 0 saturated heterocycles. The summed E-state index contributed by atoms with van der Waals surface area (Å²) in [4.78, 5) is 12.6.